The van der Waals surface area contributed by atoms with Gasteiger partial charge in [-0.2, -0.15) is 10.4 Å². The minimum absolute atomic E-state index is 0.0212. The second-order valence-corrected chi connectivity index (χ2v) is 8.94. The lowest BCUT2D eigenvalue weighted by Gasteiger charge is -2.27. The normalized spacial score (nSPS) is 13.8. The molecule has 0 atom stereocenters. The molecule has 38 heavy (non-hydrogen) atoms. The van der Waals surface area contributed by atoms with Crippen molar-refractivity contribution in [3.63, 3.8) is 0 Å². The van der Waals surface area contributed by atoms with Crippen LogP contribution in [0, 0.1) is 18.3 Å². The summed E-state index contributed by atoms with van der Waals surface area (Å²) in [6.45, 7) is 2.65. The molecular weight excluding hydrogens is 498 g/mol. The van der Waals surface area contributed by atoms with Gasteiger partial charge in [-0.3, -0.25) is 9.59 Å². The molecule has 3 heterocycles. The van der Waals surface area contributed by atoms with Crippen molar-refractivity contribution in [2.75, 3.05) is 32.9 Å². The van der Waals surface area contributed by atoms with Crippen molar-refractivity contribution in [1.29, 1.82) is 5.26 Å². The third-order valence-corrected chi connectivity index (χ3v) is 6.37. The molecular formula is C26H24F2N6O4. The lowest BCUT2D eigenvalue weighted by molar-refractivity contribution is -0.136. The van der Waals surface area contributed by atoms with Crippen LogP contribution in [0.1, 0.15) is 22.6 Å². The Morgan fingerprint density at radius 1 is 1.29 bits per heavy atom. The number of aromatic amines is 1. The maximum atomic E-state index is 13.2. The molecule has 12 heteroatoms. The smallest absolute Gasteiger partial charge is 0.275 e. The van der Waals surface area contributed by atoms with Crippen LogP contribution >= 0.6 is 0 Å². The third-order valence-electron chi connectivity index (χ3n) is 6.37. The van der Waals surface area contributed by atoms with Crippen LogP contribution < -0.4 is 10.3 Å². The van der Waals surface area contributed by atoms with Crippen molar-refractivity contribution in [3.8, 4) is 11.8 Å². The number of morpholine rings is 1. The molecule has 1 saturated heterocycles. The van der Waals surface area contributed by atoms with Crippen LogP contribution in [0.2, 0.25) is 0 Å². The summed E-state index contributed by atoms with van der Waals surface area (Å²) in [6.07, 6.45) is -2.49. The van der Waals surface area contributed by atoms with Crippen molar-refractivity contribution >= 4 is 27.7 Å². The minimum atomic E-state index is -2.68. The lowest BCUT2D eigenvalue weighted by Crippen LogP contribution is -2.44. The van der Waals surface area contributed by atoms with Crippen LogP contribution in [0.4, 0.5) is 8.78 Å². The number of hydrogen-bond acceptors (Lipinski definition) is 7. The van der Waals surface area contributed by atoms with Crippen LogP contribution in [0.25, 0.3) is 21.8 Å². The first kappa shape index (κ1) is 25.3. The van der Waals surface area contributed by atoms with E-state index in [0.717, 1.165) is 5.56 Å². The van der Waals surface area contributed by atoms with Crippen LogP contribution in [-0.2, 0) is 22.5 Å². The van der Waals surface area contributed by atoms with Gasteiger partial charge in [-0.1, -0.05) is 12.1 Å². The fourth-order valence-electron chi connectivity index (χ4n) is 4.57. The first-order valence-corrected chi connectivity index (χ1v) is 12.0. The maximum Gasteiger partial charge on any atom is 0.275 e. The van der Waals surface area contributed by atoms with Gasteiger partial charge in [-0.05, 0) is 24.6 Å². The predicted molar refractivity (Wildman–Crippen MR) is 133 cm³/mol. The summed E-state index contributed by atoms with van der Waals surface area (Å²) in [4.78, 5) is 35.4. The molecule has 10 nitrogen and oxygen atoms in total. The van der Waals surface area contributed by atoms with Gasteiger partial charge in [0, 0.05) is 24.5 Å². The molecule has 1 aliphatic rings. The molecule has 0 radical (unpaired) electrons. The van der Waals surface area contributed by atoms with Crippen molar-refractivity contribution in [1.82, 2.24) is 24.6 Å². The molecule has 1 N–H and O–H groups in total. The number of halogens is 2. The van der Waals surface area contributed by atoms with E-state index in [9.17, 15) is 23.6 Å². The molecule has 196 valence electrons. The molecule has 1 fully saturated rings. The van der Waals surface area contributed by atoms with Gasteiger partial charge in [0.05, 0.1) is 47.3 Å². The second-order valence-electron chi connectivity index (χ2n) is 8.94. The minimum Gasteiger partial charge on any atom is -0.486 e. The van der Waals surface area contributed by atoms with Crippen molar-refractivity contribution < 1.29 is 23.0 Å². The van der Waals surface area contributed by atoms with Gasteiger partial charge in [0.1, 0.15) is 30.8 Å². The van der Waals surface area contributed by atoms with Gasteiger partial charge in [0.25, 0.3) is 12.0 Å². The molecule has 0 aliphatic carbocycles. The topological polar surface area (TPSA) is 126 Å². The summed E-state index contributed by atoms with van der Waals surface area (Å²) in [7, 11) is 0. The van der Waals surface area contributed by atoms with Crippen LogP contribution in [0.3, 0.4) is 0 Å². The van der Waals surface area contributed by atoms with Crippen molar-refractivity contribution in [2.24, 2.45) is 0 Å². The largest absolute Gasteiger partial charge is 0.486 e. The first-order chi connectivity index (χ1) is 18.3. The molecule has 2 aromatic heterocycles. The third kappa shape index (κ3) is 5.05. The number of aromatic nitrogens is 4. The number of fused-ring (bicyclic) bond motifs is 2. The Hall–Kier alpha value is -4.37. The monoisotopic (exact) mass is 522 g/mol. The van der Waals surface area contributed by atoms with E-state index in [2.05, 4.69) is 15.1 Å². The molecule has 0 unspecified atom stereocenters. The fourth-order valence-corrected chi connectivity index (χ4v) is 4.57. The number of nitriles is 1. The van der Waals surface area contributed by atoms with E-state index in [1.54, 1.807) is 17.0 Å². The maximum absolute atomic E-state index is 13.2. The summed E-state index contributed by atoms with van der Waals surface area (Å²) in [6, 6.07) is 10.2. The van der Waals surface area contributed by atoms with Gasteiger partial charge in [0.2, 0.25) is 5.91 Å². The highest BCUT2D eigenvalue weighted by molar-refractivity contribution is 5.87. The highest BCUT2D eigenvalue weighted by Crippen LogP contribution is 2.26. The summed E-state index contributed by atoms with van der Waals surface area (Å²) in [5, 5.41) is 15.1. The van der Waals surface area contributed by atoms with Crippen molar-refractivity contribution in [2.45, 2.75) is 26.3 Å². The van der Waals surface area contributed by atoms with Gasteiger partial charge in [-0.25, -0.2) is 18.4 Å². The van der Waals surface area contributed by atoms with E-state index in [1.807, 2.05) is 19.1 Å². The first-order valence-electron chi connectivity index (χ1n) is 12.0. The number of alkyl halides is 2. The van der Waals surface area contributed by atoms with E-state index in [4.69, 9.17) is 9.47 Å². The Morgan fingerprint density at radius 2 is 2.08 bits per heavy atom. The average molecular weight is 523 g/mol. The Bertz CT molecular complexity index is 1620. The van der Waals surface area contributed by atoms with E-state index >= 15 is 0 Å². The van der Waals surface area contributed by atoms with Crippen LogP contribution in [-0.4, -0.2) is 69.9 Å². The van der Waals surface area contributed by atoms with E-state index in [-0.39, 0.29) is 35.7 Å². The number of imidazole rings is 1. The number of hydrogen-bond donors (Lipinski definition) is 1. The zero-order valence-electron chi connectivity index (χ0n) is 20.5. The molecule has 4 aromatic rings. The number of amides is 1. The Balaban J connectivity index is 1.52. The zero-order chi connectivity index (χ0) is 26.8. The number of rotatable bonds is 7. The number of carbonyl (C=O) groups excluding carboxylic acids is 1. The predicted octanol–water partition coefficient (Wildman–Crippen LogP) is 2.55. The number of H-pyrrole nitrogens is 1. The Morgan fingerprint density at radius 3 is 2.82 bits per heavy atom. The van der Waals surface area contributed by atoms with Crippen molar-refractivity contribution in [3.05, 3.63) is 63.3 Å². The van der Waals surface area contributed by atoms with Gasteiger partial charge >= 0.3 is 0 Å². The number of nitrogens with one attached hydrogen (secondary N) is 1. The molecule has 0 saturated carbocycles. The van der Waals surface area contributed by atoms with Crippen LogP contribution in [0.15, 0.2) is 35.1 Å². The highest BCUT2D eigenvalue weighted by atomic mass is 19.3. The molecule has 5 rings (SSSR count). The SMILES string of the molecule is Cc1cccc2c(=O)n(CC(=O)N3CCOCC3)nc(Cc3nc4cc(OCC(F)F)c(C#N)cc4[nH]3)c12. The average Bonchev–Trinajstić information content (AvgIpc) is 3.30. The number of carbonyl (C=O) groups is 1. The zero-order valence-corrected chi connectivity index (χ0v) is 20.5. The number of nitrogens with zero attached hydrogens (tertiary/aromatic N) is 5. The Labute approximate surface area is 215 Å². The Kier molecular flexibility index (Phi) is 7.02. The molecule has 0 spiro atoms. The van der Waals surface area contributed by atoms with Gasteiger partial charge < -0.3 is 19.4 Å². The highest BCUT2D eigenvalue weighted by Gasteiger charge is 2.21. The second kappa shape index (κ2) is 10.5. The summed E-state index contributed by atoms with van der Waals surface area (Å²) >= 11 is 0. The van der Waals surface area contributed by atoms with Crippen LogP contribution in [0.5, 0.6) is 5.75 Å². The molecule has 1 amide bonds. The van der Waals surface area contributed by atoms with E-state index in [1.165, 1.54) is 16.8 Å². The summed E-state index contributed by atoms with van der Waals surface area (Å²) in [5.41, 5.74) is 2.08. The quantitative estimate of drug-likeness (QED) is 0.395. The number of ether oxygens (including phenoxy) is 2. The van der Waals surface area contributed by atoms with Gasteiger partial charge in [-0.15, -0.1) is 0 Å². The van der Waals surface area contributed by atoms with E-state index < -0.39 is 13.0 Å². The molecule has 2 aromatic carbocycles. The molecule has 1 aliphatic heterocycles. The lowest BCUT2D eigenvalue weighted by atomic mass is 10.0. The number of benzene rings is 2. The summed E-state index contributed by atoms with van der Waals surface area (Å²) in [5.74, 6) is 0.287. The standard InChI is InChI=1S/C26H24F2N6O4/c1-15-3-2-4-17-25(15)20(32-34(26(17)36)13-24(35)33-5-7-37-8-6-33)11-23-30-18-9-16(12-29)21(10-19(18)31-23)38-14-22(27)28/h2-4,9-10,22H,5-8,11,13-14H2,1H3,(H,30,31). The number of aryl methyl sites for hydroxylation is 1. The fraction of sp³-hybridized carbons (Fsp3) is 0.346. The van der Waals surface area contributed by atoms with E-state index in [0.29, 0.717) is 59.6 Å². The summed E-state index contributed by atoms with van der Waals surface area (Å²) < 4.78 is 36.8. The molecule has 0 bridgehead atoms. The van der Waals surface area contributed by atoms with Gasteiger partial charge in [0.15, 0.2) is 0 Å².